The Balaban J connectivity index is 1.80. The Bertz CT molecular complexity index is 500. The van der Waals surface area contributed by atoms with E-state index in [1.807, 2.05) is 0 Å². The van der Waals surface area contributed by atoms with Gasteiger partial charge in [0, 0.05) is 17.8 Å². The molecule has 1 saturated carbocycles. The second kappa shape index (κ2) is 5.26. The summed E-state index contributed by atoms with van der Waals surface area (Å²) in [5.74, 6) is 0.883. The summed E-state index contributed by atoms with van der Waals surface area (Å²) >= 11 is 0. The highest BCUT2D eigenvalue weighted by Gasteiger charge is 2.17. The molecule has 1 nitrogen and oxygen atoms in total. The fourth-order valence-corrected chi connectivity index (χ4v) is 2.46. The molecule has 0 atom stereocenters. The molecule has 0 bridgehead atoms. The molecule has 0 aromatic heterocycles. The summed E-state index contributed by atoms with van der Waals surface area (Å²) in [4.78, 5) is 0. The quantitative estimate of drug-likeness (QED) is 0.821. The minimum Gasteiger partial charge on any atom is -0.384 e. The van der Waals surface area contributed by atoms with Crippen molar-refractivity contribution in [2.24, 2.45) is 5.92 Å². The van der Waals surface area contributed by atoms with Crippen LogP contribution in [0.2, 0.25) is 0 Å². The summed E-state index contributed by atoms with van der Waals surface area (Å²) in [6, 6.07) is 19.2. The van der Waals surface area contributed by atoms with Crippen molar-refractivity contribution in [3.63, 3.8) is 0 Å². The van der Waals surface area contributed by atoms with Crippen LogP contribution in [0.15, 0.2) is 54.6 Å². The first-order chi connectivity index (χ1) is 8.93. The predicted molar refractivity (Wildman–Crippen MR) is 77.7 cm³/mol. The number of benzene rings is 2. The van der Waals surface area contributed by atoms with Gasteiger partial charge in [0.2, 0.25) is 0 Å². The van der Waals surface area contributed by atoms with Crippen LogP contribution in [0.4, 0.5) is 5.69 Å². The average Bonchev–Trinajstić information content (AvgIpc) is 2.39. The molecule has 1 aliphatic rings. The van der Waals surface area contributed by atoms with Gasteiger partial charge in [-0.2, -0.15) is 0 Å². The second-order valence-corrected chi connectivity index (χ2v) is 5.09. The van der Waals surface area contributed by atoms with Crippen LogP contribution in [-0.2, 0) is 0 Å². The van der Waals surface area contributed by atoms with Crippen molar-refractivity contribution >= 4 is 5.69 Å². The predicted octanol–water partition coefficient (Wildman–Crippen LogP) is 4.57. The van der Waals surface area contributed by atoms with Gasteiger partial charge in [-0.25, -0.2) is 0 Å². The Morgan fingerprint density at radius 3 is 2.33 bits per heavy atom. The maximum Gasteiger partial charge on any atom is 0.0419 e. The Kier molecular flexibility index (Phi) is 3.31. The molecular formula is C17H19N. The standard InChI is InChI=1S/C17H19N/c1-2-9-15(10-3-1)16-11-4-5-12-17(16)18-13-14-7-6-8-14/h1-5,9-12,14,18H,6-8,13H2. The van der Waals surface area contributed by atoms with Crippen LogP contribution in [0, 0.1) is 5.92 Å². The topological polar surface area (TPSA) is 12.0 Å². The van der Waals surface area contributed by atoms with Gasteiger partial charge in [0.05, 0.1) is 0 Å². The van der Waals surface area contributed by atoms with Gasteiger partial charge >= 0.3 is 0 Å². The third-order valence-electron chi connectivity index (χ3n) is 3.82. The Hall–Kier alpha value is -1.76. The minimum atomic E-state index is 0.883. The van der Waals surface area contributed by atoms with Gasteiger partial charge in [0.15, 0.2) is 0 Å². The van der Waals surface area contributed by atoms with Crippen LogP contribution in [0.3, 0.4) is 0 Å². The van der Waals surface area contributed by atoms with Gasteiger partial charge in [-0.1, -0.05) is 55.0 Å². The molecule has 2 aromatic carbocycles. The van der Waals surface area contributed by atoms with Crippen LogP contribution in [0.25, 0.3) is 11.1 Å². The molecule has 92 valence electrons. The van der Waals surface area contributed by atoms with Crippen molar-refractivity contribution in [2.45, 2.75) is 19.3 Å². The summed E-state index contributed by atoms with van der Waals surface area (Å²) in [5.41, 5.74) is 3.85. The molecule has 18 heavy (non-hydrogen) atoms. The van der Waals surface area contributed by atoms with Crippen molar-refractivity contribution in [1.82, 2.24) is 0 Å². The molecule has 2 aromatic rings. The second-order valence-electron chi connectivity index (χ2n) is 5.09. The molecule has 0 heterocycles. The van der Waals surface area contributed by atoms with Crippen LogP contribution in [0.5, 0.6) is 0 Å². The Labute approximate surface area is 109 Å². The molecule has 1 heteroatoms. The fourth-order valence-electron chi connectivity index (χ4n) is 2.46. The third-order valence-corrected chi connectivity index (χ3v) is 3.82. The van der Waals surface area contributed by atoms with E-state index in [-0.39, 0.29) is 0 Å². The molecule has 0 saturated heterocycles. The lowest BCUT2D eigenvalue weighted by Gasteiger charge is -2.26. The third kappa shape index (κ3) is 2.40. The van der Waals surface area contributed by atoms with Gasteiger partial charge < -0.3 is 5.32 Å². The molecular weight excluding hydrogens is 218 g/mol. The summed E-state index contributed by atoms with van der Waals surface area (Å²) in [6.45, 7) is 1.11. The number of para-hydroxylation sites is 1. The van der Waals surface area contributed by atoms with E-state index in [1.54, 1.807) is 0 Å². The number of nitrogens with one attached hydrogen (secondary N) is 1. The monoisotopic (exact) mass is 237 g/mol. The van der Waals surface area contributed by atoms with E-state index < -0.39 is 0 Å². The van der Waals surface area contributed by atoms with Crippen LogP contribution >= 0.6 is 0 Å². The normalized spacial score (nSPS) is 15.1. The molecule has 3 rings (SSSR count). The first-order valence-electron chi connectivity index (χ1n) is 6.82. The number of hydrogen-bond acceptors (Lipinski definition) is 1. The largest absolute Gasteiger partial charge is 0.384 e. The highest BCUT2D eigenvalue weighted by Crippen LogP contribution is 2.30. The van der Waals surface area contributed by atoms with Crippen molar-refractivity contribution in [2.75, 3.05) is 11.9 Å². The molecule has 0 radical (unpaired) electrons. The molecule has 0 aliphatic heterocycles. The van der Waals surface area contributed by atoms with Gasteiger partial charge in [-0.05, 0) is 30.4 Å². The van der Waals surface area contributed by atoms with Crippen LogP contribution in [0.1, 0.15) is 19.3 Å². The zero-order chi connectivity index (χ0) is 12.2. The first kappa shape index (κ1) is 11.3. The molecule has 0 unspecified atom stereocenters. The van der Waals surface area contributed by atoms with Gasteiger partial charge in [-0.15, -0.1) is 0 Å². The summed E-state index contributed by atoms with van der Waals surface area (Å²) in [7, 11) is 0. The zero-order valence-corrected chi connectivity index (χ0v) is 10.6. The summed E-state index contributed by atoms with van der Waals surface area (Å²) in [5, 5.41) is 3.61. The maximum absolute atomic E-state index is 3.61. The maximum atomic E-state index is 3.61. The van der Waals surface area contributed by atoms with Crippen molar-refractivity contribution in [3.8, 4) is 11.1 Å². The van der Waals surface area contributed by atoms with Gasteiger partial charge in [-0.3, -0.25) is 0 Å². The average molecular weight is 237 g/mol. The number of rotatable bonds is 4. The Morgan fingerprint density at radius 2 is 1.61 bits per heavy atom. The lowest BCUT2D eigenvalue weighted by atomic mass is 9.85. The van der Waals surface area contributed by atoms with Crippen LogP contribution < -0.4 is 5.32 Å². The lowest BCUT2D eigenvalue weighted by Crippen LogP contribution is -2.21. The number of anilines is 1. The lowest BCUT2D eigenvalue weighted by molar-refractivity contribution is 0.333. The molecule has 1 aliphatic carbocycles. The van der Waals surface area contributed by atoms with E-state index in [0.29, 0.717) is 0 Å². The van der Waals surface area contributed by atoms with E-state index >= 15 is 0 Å². The van der Waals surface area contributed by atoms with E-state index in [4.69, 9.17) is 0 Å². The van der Waals surface area contributed by atoms with Crippen LogP contribution in [-0.4, -0.2) is 6.54 Å². The smallest absolute Gasteiger partial charge is 0.0419 e. The SMILES string of the molecule is c1ccc(-c2ccccc2NCC2CCC2)cc1. The number of hydrogen-bond donors (Lipinski definition) is 1. The summed E-state index contributed by atoms with van der Waals surface area (Å²) < 4.78 is 0. The van der Waals surface area contributed by atoms with Crippen molar-refractivity contribution in [1.29, 1.82) is 0 Å². The van der Waals surface area contributed by atoms with E-state index in [9.17, 15) is 0 Å². The zero-order valence-electron chi connectivity index (χ0n) is 10.6. The molecule has 1 fully saturated rings. The first-order valence-corrected chi connectivity index (χ1v) is 6.82. The van der Waals surface area contributed by atoms with E-state index in [1.165, 1.54) is 36.1 Å². The highest BCUT2D eigenvalue weighted by molar-refractivity contribution is 5.77. The van der Waals surface area contributed by atoms with Gasteiger partial charge in [0.25, 0.3) is 0 Å². The Morgan fingerprint density at radius 1 is 0.889 bits per heavy atom. The minimum absolute atomic E-state index is 0.883. The molecule has 0 spiro atoms. The molecule has 0 amide bonds. The van der Waals surface area contributed by atoms with Crippen molar-refractivity contribution < 1.29 is 0 Å². The van der Waals surface area contributed by atoms with E-state index in [0.717, 1.165) is 12.5 Å². The highest BCUT2D eigenvalue weighted by atomic mass is 14.9. The fraction of sp³-hybridized carbons (Fsp3) is 0.294. The van der Waals surface area contributed by atoms with Gasteiger partial charge in [0.1, 0.15) is 0 Å². The van der Waals surface area contributed by atoms with E-state index in [2.05, 4.69) is 59.9 Å². The molecule has 1 N–H and O–H groups in total. The summed E-state index contributed by atoms with van der Waals surface area (Å²) in [6.07, 6.45) is 4.19. The van der Waals surface area contributed by atoms with Crippen molar-refractivity contribution in [3.05, 3.63) is 54.6 Å².